The van der Waals surface area contributed by atoms with Gasteiger partial charge in [-0.2, -0.15) is 0 Å². The van der Waals surface area contributed by atoms with Crippen LogP contribution in [0.4, 0.5) is 5.82 Å². The van der Waals surface area contributed by atoms with Gasteiger partial charge in [0, 0.05) is 13.1 Å². The molecular formula is C12H17N3O2. The predicted octanol–water partition coefficient (Wildman–Crippen LogP) is 0.682. The number of carbonyl (C=O) groups is 1. The van der Waals surface area contributed by atoms with Crippen LogP contribution in [0.3, 0.4) is 0 Å². The highest BCUT2D eigenvalue weighted by Crippen LogP contribution is 2.24. The zero-order valence-electron chi connectivity index (χ0n) is 9.93. The fourth-order valence-electron chi connectivity index (χ4n) is 2.16. The minimum atomic E-state index is -0.208. The molecule has 5 heteroatoms. The zero-order chi connectivity index (χ0) is 12.3. The number of pyridine rings is 1. The van der Waals surface area contributed by atoms with Gasteiger partial charge in [0.1, 0.15) is 11.9 Å². The van der Waals surface area contributed by atoms with Crippen LogP contribution in [0.5, 0.6) is 0 Å². The molecule has 0 aromatic carbocycles. The van der Waals surface area contributed by atoms with Crippen molar-refractivity contribution in [2.75, 3.05) is 18.6 Å². The molecular weight excluding hydrogens is 218 g/mol. The molecule has 1 saturated heterocycles. The van der Waals surface area contributed by atoms with Crippen molar-refractivity contribution in [1.29, 1.82) is 0 Å². The highest BCUT2D eigenvalue weighted by molar-refractivity contribution is 5.80. The molecule has 92 valence electrons. The van der Waals surface area contributed by atoms with Gasteiger partial charge in [-0.15, -0.1) is 0 Å². The van der Waals surface area contributed by atoms with Crippen LogP contribution in [0.2, 0.25) is 0 Å². The molecule has 0 bridgehead atoms. The molecule has 5 nitrogen and oxygen atoms in total. The third-order valence-electron chi connectivity index (χ3n) is 3.02. The van der Waals surface area contributed by atoms with E-state index in [1.165, 1.54) is 7.11 Å². The molecule has 2 rings (SSSR count). The van der Waals surface area contributed by atoms with Crippen molar-refractivity contribution >= 4 is 11.8 Å². The van der Waals surface area contributed by atoms with Gasteiger partial charge in [0.05, 0.1) is 12.8 Å². The Kier molecular flexibility index (Phi) is 3.58. The highest BCUT2D eigenvalue weighted by Gasteiger charge is 2.32. The van der Waals surface area contributed by atoms with E-state index >= 15 is 0 Å². The topological polar surface area (TPSA) is 68.5 Å². The van der Waals surface area contributed by atoms with Crippen LogP contribution in [-0.4, -0.2) is 30.6 Å². The van der Waals surface area contributed by atoms with E-state index in [1.807, 2.05) is 23.1 Å². The number of rotatable bonds is 3. The molecule has 17 heavy (non-hydrogen) atoms. The summed E-state index contributed by atoms with van der Waals surface area (Å²) >= 11 is 0. The number of aromatic nitrogens is 1. The molecule has 0 spiro atoms. The molecule has 1 aromatic heterocycles. The van der Waals surface area contributed by atoms with E-state index < -0.39 is 0 Å². The second-order valence-electron chi connectivity index (χ2n) is 4.07. The molecule has 0 aliphatic carbocycles. The first-order chi connectivity index (χ1) is 8.26. The van der Waals surface area contributed by atoms with Crippen molar-refractivity contribution in [3.05, 3.63) is 23.9 Å². The zero-order valence-corrected chi connectivity index (χ0v) is 9.93. The summed E-state index contributed by atoms with van der Waals surface area (Å²) in [5.41, 5.74) is 6.40. The number of hydrogen-bond acceptors (Lipinski definition) is 5. The van der Waals surface area contributed by atoms with E-state index in [9.17, 15) is 4.79 Å². The van der Waals surface area contributed by atoms with Crippen molar-refractivity contribution in [3.63, 3.8) is 0 Å². The minimum Gasteiger partial charge on any atom is -0.467 e. The number of nitrogens with two attached hydrogens (primary N) is 1. The maximum absolute atomic E-state index is 11.6. The average Bonchev–Trinajstić information content (AvgIpc) is 2.87. The van der Waals surface area contributed by atoms with E-state index in [0.29, 0.717) is 6.54 Å². The third kappa shape index (κ3) is 2.39. The first kappa shape index (κ1) is 11.9. The van der Waals surface area contributed by atoms with Gasteiger partial charge < -0.3 is 15.4 Å². The molecule has 1 unspecified atom stereocenters. The quantitative estimate of drug-likeness (QED) is 0.780. The summed E-state index contributed by atoms with van der Waals surface area (Å²) in [7, 11) is 1.42. The van der Waals surface area contributed by atoms with Crippen LogP contribution >= 0.6 is 0 Å². The first-order valence-corrected chi connectivity index (χ1v) is 5.76. The number of esters is 1. The summed E-state index contributed by atoms with van der Waals surface area (Å²) in [6.45, 7) is 1.24. The number of methoxy groups -OCH3 is 1. The number of nitrogens with zero attached hydrogens (tertiary/aromatic N) is 2. The van der Waals surface area contributed by atoms with Gasteiger partial charge in [-0.1, -0.05) is 6.07 Å². The lowest BCUT2D eigenvalue weighted by molar-refractivity contribution is -0.141. The van der Waals surface area contributed by atoms with Gasteiger partial charge in [-0.3, -0.25) is 0 Å². The molecule has 1 fully saturated rings. The SMILES string of the molecule is COC(=O)C1CCCN1c1cccc(CN)n1. The monoisotopic (exact) mass is 235 g/mol. The Morgan fingerprint density at radius 1 is 1.65 bits per heavy atom. The van der Waals surface area contributed by atoms with E-state index in [2.05, 4.69) is 4.98 Å². The Balaban J connectivity index is 2.22. The van der Waals surface area contributed by atoms with E-state index in [1.54, 1.807) is 0 Å². The number of carbonyl (C=O) groups excluding carboxylic acids is 1. The molecule has 2 heterocycles. The normalized spacial score (nSPS) is 19.4. The van der Waals surface area contributed by atoms with Gasteiger partial charge in [0.2, 0.25) is 0 Å². The second kappa shape index (κ2) is 5.14. The smallest absolute Gasteiger partial charge is 0.328 e. The first-order valence-electron chi connectivity index (χ1n) is 5.76. The Morgan fingerprint density at radius 3 is 3.18 bits per heavy atom. The van der Waals surface area contributed by atoms with Crippen molar-refractivity contribution in [2.45, 2.75) is 25.4 Å². The standard InChI is InChI=1S/C12H17N3O2/c1-17-12(16)10-5-3-7-15(10)11-6-2-4-9(8-13)14-11/h2,4,6,10H,3,5,7-8,13H2,1H3. The molecule has 1 atom stereocenters. The van der Waals surface area contributed by atoms with Crippen LogP contribution < -0.4 is 10.6 Å². The lowest BCUT2D eigenvalue weighted by Gasteiger charge is -2.23. The molecule has 1 aliphatic heterocycles. The Morgan fingerprint density at radius 2 is 2.47 bits per heavy atom. The summed E-state index contributed by atoms with van der Waals surface area (Å²) in [4.78, 5) is 18.1. The molecule has 1 aliphatic rings. The van der Waals surface area contributed by atoms with E-state index in [4.69, 9.17) is 10.5 Å². The van der Waals surface area contributed by atoms with Crippen LogP contribution in [-0.2, 0) is 16.1 Å². The summed E-state index contributed by atoms with van der Waals surface area (Å²) < 4.78 is 4.81. The Hall–Kier alpha value is -1.62. The van der Waals surface area contributed by atoms with Gasteiger partial charge in [0.25, 0.3) is 0 Å². The molecule has 0 amide bonds. The lowest BCUT2D eigenvalue weighted by Crippen LogP contribution is -2.37. The van der Waals surface area contributed by atoms with Crippen LogP contribution in [0.25, 0.3) is 0 Å². The number of anilines is 1. The van der Waals surface area contributed by atoms with Crippen LogP contribution in [0.1, 0.15) is 18.5 Å². The van der Waals surface area contributed by atoms with Crippen LogP contribution in [0.15, 0.2) is 18.2 Å². The van der Waals surface area contributed by atoms with E-state index in [-0.39, 0.29) is 12.0 Å². The summed E-state index contributed by atoms with van der Waals surface area (Å²) in [5, 5.41) is 0. The Bertz CT molecular complexity index is 408. The maximum Gasteiger partial charge on any atom is 0.328 e. The van der Waals surface area contributed by atoms with Crippen molar-refractivity contribution < 1.29 is 9.53 Å². The Labute approximate surface area is 101 Å². The van der Waals surface area contributed by atoms with Crippen LogP contribution in [0, 0.1) is 0 Å². The number of hydrogen-bond donors (Lipinski definition) is 1. The molecule has 0 radical (unpaired) electrons. The van der Waals surface area contributed by atoms with Crippen molar-refractivity contribution in [2.24, 2.45) is 5.73 Å². The maximum atomic E-state index is 11.6. The predicted molar refractivity (Wildman–Crippen MR) is 64.5 cm³/mol. The summed E-state index contributed by atoms with van der Waals surface area (Å²) in [6.07, 6.45) is 1.80. The minimum absolute atomic E-state index is 0.192. The van der Waals surface area contributed by atoms with Gasteiger partial charge in [-0.25, -0.2) is 9.78 Å². The fourth-order valence-corrected chi connectivity index (χ4v) is 2.16. The molecule has 0 saturated carbocycles. The third-order valence-corrected chi connectivity index (χ3v) is 3.02. The van der Waals surface area contributed by atoms with Gasteiger partial charge >= 0.3 is 5.97 Å². The fraction of sp³-hybridized carbons (Fsp3) is 0.500. The molecule has 1 aromatic rings. The van der Waals surface area contributed by atoms with Gasteiger partial charge in [-0.05, 0) is 25.0 Å². The number of ether oxygens (including phenoxy) is 1. The molecule has 2 N–H and O–H groups in total. The summed E-state index contributed by atoms with van der Waals surface area (Å²) in [5.74, 6) is 0.614. The second-order valence-corrected chi connectivity index (χ2v) is 4.07. The largest absolute Gasteiger partial charge is 0.467 e. The lowest BCUT2D eigenvalue weighted by atomic mass is 10.2. The summed E-state index contributed by atoms with van der Waals surface area (Å²) in [6, 6.07) is 5.49. The average molecular weight is 235 g/mol. The van der Waals surface area contributed by atoms with Gasteiger partial charge in [0.15, 0.2) is 0 Å². The highest BCUT2D eigenvalue weighted by atomic mass is 16.5. The van der Waals surface area contributed by atoms with Crippen molar-refractivity contribution in [3.8, 4) is 0 Å². The van der Waals surface area contributed by atoms with Crippen molar-refractivity contribution in [1.82, 2.24) is 4.98 Å². The van der Waals surface area contributed by atoms with E-state index in [0.717, 1.165) is 30.9 Å².